The van der Waals surface area contributed by atoms with Crippen molar-refractivity contribution in [3.8, 4) is 0 Å². The van der Waals surface area contributed by atoms with Gasteiger partial charge in [0.15, 0.2) is 0 Å². The number of carbonyl (C=O) groups is 3. The number of carbonyl (C=O) groups excluding carboxylic acids is 3. The monoisotopic (exact) mass is 399 g/mol. The van der Waals surface area contributed by atoms with Gasteiger partial charge < -0.3 is 20.4 Å². The van der Waals surface area contributed by atoms with Crippen LogP contribution in [-0.2, 0) is 22.7 Å². The SMILES string of the molecule is O=C1CCC(N2Cc3c(CNCCCN4CCNCC4)cccc3C2=O)C(=O)N1. The summed E-state index contributed by atoms with van der Waals surface area (Å²) in [4.78, 5) is 40.6. The molecule has 2 fully saturated rings. The van der Waals surface area contributed by atoms with Crippen molar-refractivity contribution in [2.24, 2.45) is 0 Å². The molecule has 8 nitrogen and oxygen atoms in total. The molecule has 0 bridgehead atoms. The number of fused-ring (bicyclic) bond motifs is 1. The van der Waals surface area contributed by atoms with E-state index >= 15 is 0 Å². The van der Waals surface area contributed by atoms with Crippen LogP contribution in [0.3, 0.4) is 0 Å². The predicted molar refractivity (Wildman–Crippen MR) is 108 cm³/mol. The average molecular weight is 399 g/mol. The van der Waals surface area contributed by atoms with Crippen molar-refractivity contribution in [1.29, 1.82) is 0 Å². The second kappa shape index (κ2) is 9.02. The highest BCUT2D eigenvalue weighted by molar-refractivity contribution is 6.05. The van der Waals surface area contributed by atoms with E-state index in [0.717, 1.165) is 56.8 Å². The van der Waals surface area contributed by atoms with Crippen LogP contribution in [0.1, 0.15) is 40.7 Å². The van der Waals surface area contributed by atoms with Gasteiger partial charge in [-0.05, 0) is 43.1 Å². The quantitative estimate of drug-likeness (QED) is 0.436. The first-order valence-corrected chi connectivity index (χ1v) is 10.5. The standard InChI is InChI=1S/C21H29N5O3/c27-19-6-5-18(20(28)24-19)26-14-17-15(3-1-4-16(17)21(26)29)13-23-7-2-10-25-11-8-22-9-12-25/h1,3-4,18,22-23H,2,5-14H2,(H,24,27,28). The van der Waals surface area contributed by atoms with Crippen molar-refractivity contribution in [3.05, 3.63) is 34.9 Å². The minimum absolute atomic E-state index is 0.116. The van der Waals surface area contributed by atoms with Crippen LogP contribution in [-0.4, -0.2) is 72.8 Å². The van der Waals surface area contributed by atoms with Crippen LogP contribution in [0.15, 0.2) is 18.2 Å². The van der Waals surface area contributed by atoms with E-state index in [-0.39, 0.29) is 24.1 Å². The van der Waals surface area contributed by atoms with Gasteiger partial charge in [-0.25, -0.2) is 0 Å². The fourth-order valence-corrected chi connectivity index (χ4v) is 4.40. The molecule has 3 aliphatic heterocycles. The molecule has 8 heteroatoms. The van der Waals surface area contributed by atoms with Crippen molar-refractivity contribution in [2.75, 3.05) is 39.3 Å². The number of benzene rings is 1. The van der Waals surface area contributed by atoms with E-state index in [1.807, 2.05) is 18.2 Å². The van der Waals surface area contributed by atoms with Crippen LogP contribution >= 0.6 is 0 Å². The molecular weight excluding hydrogens is 370 g/mol. The van der Waals surface area contributed by atoms with Crippen LogP contribution in [0.4, 0.5) is 0 Å². The molecule has 29 heavy (non-hydrogen) atoms. The normalized spacial score (nSPS) is 22.7. The summed E-state index contributed by atoms with van der Waals surface area (Å²) in [5.74, 6) is -0.744. The minimum Gasteiger partial charge on any atom is -0.322 e. The lowest BCUT2D eigenvalue weighted by Gasteiger charge is -2.29. The first kappa shape index (κ1) is 20.0. The zero-order valence-electron chi connectivity index (χ0n) is 16.7. The van der Waals surface area contributed by atoms with Gasteiger partial charge >= 0.3 is 0 Å². The number of nitrogens with zero attached hydrogens (tertiary/aromatic N) is 2. The van der Waals surface area contributed by atoms with E-state index in [1.165, 1.54) is 0 Å². The Morgan fingerprint density at radius 3 is 2.76 bits per heavy atom. The lowest BCUT2D eigenvalue weighted by molar-refractivity contribution is -0.136. The van der Waals surface area contributed by atoms with Gasteiger partial charge in [-0.3, -0.25) is 19.7 Å². The molecule has 3 N–H and O–H groups in total. The van der Waals surface area contributed by atoms with Crippen LogP contribution < -0.4 is 16.0 Å². The molecule has 2 saturated heterocycles. The Balaban J connectivity index is 1.32. The van der Waals surface area contributed by atoms with E-state index in [1.54, 1.807) is 4.90 Å². The highest BCUT2D eigenvalue weighted by Crippen LogP contribution is 2.29. The first-order valence-electron chi connectivity index (χ1n) is 10.5. The predicted octanol–water partition coefficient (Wildman–Crippen LogP) is -0.167. The number of hydrogen-bond donors (Lipinski definition) is 3. The Morgan fingerprint density at radius 2 is 1.97 bits per heavy atom. The minimum atomic E-state index is -0.563. The maximum atomic E-state index is 12.9. The highest BCUT2D eigenvalue weighted by atomic mass is 16.2. The highest BCUT2D eigenvalue weighted by Gasteiger charge is 2.39. The van der Waals surface area contributed by atoms with Crippen molar-refractivity contribution in [1.82, 2.24) is 25.8 Å². The molecule has 4 rings (SSSR count). The third-order valence-corrected chi connectivity index (χ3v) is 6.03. The maximum Gasteiger partial charge on any atom is 0.255 e. The van der Waals surface area contributed by atoms with Crippen molar-refractivity contribution < 1.29 is 14.4 Å². The lowest BCUT2D eigenvalue weighted by Crippen LogP contribution is -2.52. The number of rotatable bonds is 7. The summed E-state index contributed by atoms with van der Waals surface area (Å²) in [6.07, 6.45) is 1.76. The molecule has 156 valence electrons. The molecule has 1 atom stereocenters. The van der Waals surface area contributed by atoms with E-state index in [9.17, 15) is 14.4 Å². The van der Waals surface area contributed by atoms with Crippen molar-refractivity contribution >= 4 is 17.7 Å². The van der Waals surface area contributed by atoms with E-state index < -0.39 is 6.04 Å². The number of imide groups is 1. The van der Waals surface area contributed by atoms with Crippen molar-refractivity contribution in [3.63, 3.8) is 0 Å². The van der Waals surface area contributed by atoms with E-state index in [2.05, 4.69) is 20.9 Å². The second-order valence-corrected chi connectivity index (χ2v) is 7.97. The van der Waals surface area contributed by atoms with Gasteiger partial charge in [0.05, 0.1) is 0 Å². The molecule has 0 aliphatic carbocycles. The van der Waals surface area contributed by atoms with Crippen LogP contribution in [0.2, 0.25) is 0 Å². The third-order valence-electron chi connectivity index (χ3n) is 6.03. The third kappa shape index (κ3) is 4.49. The Bertz CT molecular complexity index is 791. The van der Waals surface area contributed by atoms with Gasteiger partial charge in [-0.2, -0.15) is 0 Å². The number of hydrogen-bond acceptors (Lipinski definition) is 6. The van der Waals surface area contributed by atoms with Crippen molar-refractivity contribution in [2.45, 2.75) is 38.4 Å². The average Bonchev–Trinajstić information content (AvgIpc) is 3.06. The largest absolute Gasteiger partial charge is 0.322 e. The molecule has 0 saturated carbocycles. The van der Waals surface area contributed by atoms with Crippen LogP contribution in [0.5, 0.6) is 0 Å². The number of piperidine rings is 1. The van der Waals surface area contributed by atoms with E-state index in [0.29, 0.717) is 25.1 Å². The summed E-state index contributed by atoms with van der Waals surface area (Å²) in [6.45, 7) is 7.54. The zero-order valence-corrected chi connectivity index (χ0v) is 16.7. The molecule has 3 amide bonds. The van der Waals surface area contributed by atoms with Gasteiger partial charge in [0.25, 0.3) is 5.91 Å². The van der Waals surface area contributed by atoms with Crippen LogP contribution in [0, 0.1) is 0 Å². The summed E-state index contributed by atoms with van der Waals surface area (Å²) < 4.78 is 0. The van der Waals surface area contributed by atoms with Crippen LogP contribution in [0.25, 0.3) is 0 Å². The fourth-order valence-electron chi connectivity index (χ4n) is 4.40. The van der Waals surface area contributed by atoms with Gasteiger partial charge in [0.1, 0.15) is 6.04 Å². The van der Waals surface area contributed by atoms with Gasteiger partial charge in [0.2, 0.25) is 11.8 Å². The molecule has 1 aromatic rings. The molecule has 3 aliphatic rings. The Labute approximate surface area is 171 Å². The molecule has 1 aromatic carbocycles. The smallest absolute Gasteiger partial charge is 0.255 e. The van der Waals surface area contributed by atoms with Gasteiger partial charge in [-0.1, -0.05) is 12.1 Å². The summed E-state index contributed by atoms with van der Waals surface area (Å²) >= 11 is 0. The lowest BCUT2D eigenvalue weighted by atomic mass is 10.0. The number of amides is 3. The summed E-state index contributed by atoms with van der Waals surface area (Å²) in [7, 11) is 0. The fraction of sp³-hybridized carbons (Fsp3) is 0.571. The molecular formula is C21H29N5O3. The number of nitrogens with one attached hydrogen (secondary N) is 3. The molecule has 0 aromatic heterocycles. The topological polar surface area (TPSA) is 93.8 Å². The molecule has 0 spiro atoms. The summed E-state index contributed by atoms with van der Waals surface area (Å²) in [5.41, 5.74) is 2.78. The molecule has 1 unspecified atom stereocenters. The summed E-state index contributed by atoms with van der Waals surface area (Å²) in [6, 6.07) is 5.22. The summed E-state index contributed by atoms with van der Waals surface area (Å²) in [5, 5.41) is 9.22. The zero-order chi connectivity index (χ0) is 20.2. The maximum absolute atomic E-state index is 12.9. The van der Waals surface area contributed by atoms with Gasteiger partial charge in [0, 0.05) is 51.3 Å². The Kier molecular flexibility index (Phi) is 6.22. The molecule has 3 heterocycles. The first-order chi connectivity index (χ1) is 14.1. The van der Waals surface area contributed by atoms with E-state index in [4.69, 9.17) is 0 Å². The number of piperazine rings is 1. The Hall–Kier alpha value is -2.29. The Morgan fingerprint density at radius 1 is 1.14 bits per heavy atom. The van der Waals surface area contributed by atoms with Gasteiger partial charge in [-0.15, -0.1) is 0 Å². The molecule has 0 radical (unpaired) electrons. The second-order valence-electron chi connectivity index (χ2n) is 7.97.